The quantitative estimate of drug-likeness (QED) is 0.0167. The lowest BCUT2D eigenvalue weighted by molar-refractivity contribution is -0.144. The van der Waals surface area contributed by atoms with Gasteiger partial charge in [0.15, 0.2) is 5.96 Å². The molecule has 0 saturated carbocycles. The van der Waals surface area contributed by atoms with E-state index in [1.165, 1.54) is 0 Å². The van der Waals surface area contributed by atoms with Gasteiger partial charge in [0, 0.05) is 42.2 Å². The van der Waals surface area contributed by atoms with Crippen molar-refractivity contribution < 1.29 is 58.5 Å². The number of nitrogens with two attached hydrogens (primary N) is 4. The molecular weight excluding hydrogens is 849 g/mol. The summed E-state index contributed by atoms with van der Waals surface area (Å²) in [5.74, 6) is -10.4. The smallest absolute Gasteiger partial charge is 0.326 e. The number of aliphatic hydroxyl groups excluding tert-OH is 1. The number of benzene rings is 1. The van der Waals surface area contributed by atoms with E-state index < -0.39 is 121 Å². The van der Waals surface area contributed by atoms with E-state index in [-0.39, 0.29) is 49.9 Å². The molecule has 0 unspecified atom stereocenters. The molecule has 348 valence electrons. The maximum absolute atomic E-state index is 14.1. The highest BCUT2D eigenvalue weighted by Gasteiger charge is 2.35. The van der Waals surface area contributed by atoms with Crippen molar-refractivity contribution >= 4 is 82.8 Å². The summed E-state index contributed by atoms with van der Waals surface area (Å²) in [6.07, 6.45) is -0.330. The lowest BCUT2D eigenvalue weighted by Crippen LogP contribution is -2.60. The third kappa shape index (κ3) is 18.2. The van der Waals surface area contributed by atoms with Crippen molar-refractivity contribution in [3.05, 3.63) is 36.0 Å². The van der Waals surface area contributed by atoms with Gasteiger partial charge in [-0.25, -0.2) is 4.79 Å². The fourth-order valence-electron chi connectivity index (χ4n) is 6.05. The van der Waals surface area contributed by atoms with E-state index in [1.54, 1.807) is 44.3 Å². The SMILES string of the molecule is CC(C)C[C@H](NC(=O)[C@H](CS)NC(=O)[C@H](CCCN=C(N)N)NC(=O)[C@@H](N)CO)C(=O)N[C@@H](Cc1c[nH]c2ccccc12)C(=O)N[C@@H](CC(=O)O)C(=O)N[C@@H](CCC(N)=O)C(=O)O. The van der Waals surface area contributed by atoms with E-state index in [0.29, 0.717) is 16.5 Å². The summed E-state index contributed by atoms with van der Waals surface area (Å²) < 4.78 is 0. The maximum atomic E-state index is 14.1. The van der Waals surface area contributed by atoms with Crippen molar-refractivity contribution in [3.63, 3.8) is 0 Å². The van der Waals surface area contributed by atoms with Crippen LogP contribution in [0, 0.1) is 5.92 Å². The van der Waals surface area contributed by atoms with Gasteiger partial charge in [0.05, 0.1) is 13.0 Å². The summed E-state index contributed by atoms with van der Waals surface area (Å²) in [7, 11) is 0. The first-order chi connectivity index (χ1) is 29.7. The van der Waals surface area contributed by atoms with E-state index in [2.05, 4.69) is 54.5 Å². The Balaban J connectivity index is 2.42. The number of carbonyl (C=O) groups is 9. The van der Waals surface area contributed by atoms with Gasteiger partial charge in [-0.2, -0.15) is 12.6 Å². The number of guanidine groups is 1. The molecule has 0 saturated heterocycles. The number of nitrogens with zero attached hydrogens (tertiary/aromatic N) is 1. The van der Waals surface area contributed by atoms with Crippen molar-refractivity contribution in [2.75, 3.05) is 18.9 Å². The molecule has 0 aliphatic heterocycles. The molecule has 0 radical (unpaired) electrons. The predicted molar refractivity (Wildman–Crippen MR) is 230 cm³/mol. The summed E-state index contributed by atoms with van der Waals surface area (Å²) >= 11 is 4.21. The van der Waals surface area contributed by atoms with Gasteiger partial charge in [0.1, 0.15) is 42.3 Å². The van der Waals surface area contributed by atoms with Gasteiger partial charge in [0.25, 0.3) is 0 Å². The van der Waals surface area contributed by atoms with Crippen LogP contribution in [0.4, 0.5) is 0 Å². The van der Waals surface area contributed by atoms with Crippen molar-refractivity contribution in [1.29, 1.82) is 0 Å². The molecule has 0 fully saturated rings. The van der Waals surface area contributed by atoms with E-state index in [9.17, 15) is 58.5 Å². The summed E-state index contributed by atoms with van der Waals surface area (Å²) in [6, 6.07) is -3.44. The molecule has 2 aromatic rings. The molecule has 7 amide bonds. The Hall–Kier alpha value is -6.47. The minimum atomic E-state index is -1.86. The Labute approximate surface area is 367 Å². The van der Waals surface area contributed by atoms with Crippen LogP contribution in [0.2, 0.25) is 0 Å². The standard InChI is InChI=1S/C38H58N12O12S/c1-18(2)12-25(47-36(60)28(17-63)50-32(56)23(8-5-11-43-38(41)42)45-31(55)21(39)16-51)33(57)48-26(13-19-15-44-22-7-4-3-6-20(19)22)34(58)49-27(14-30(53)54)35(59)46-24(37(61)62)9-10-29(40)52/h3-4,6-7,15,18,21,23-28,44,51,63H,5,8-14,16-17,39H2,1-2H3,(H2,40,52)(H,45,55)(H,46,59)(H,47,60)(H,48,57)(H,49,58)(H,50,56)(H,53,54)(H,61,62)(H4,41,42,43)/t21-,23-,24-,25-,26-,27-,28-/m0/s1. The molecule has 63 heavy (non-hydrogen) atoms. The van der Waals surface area contributed by atoms with Crippen molar-refractivity contribution in [2.45, 2.75) is 101 Å². The van der Waals surface area contributed by atoms with Gasteiger partial charge < -0.3 is 75.1 Å². The molecule has 1 heterocycles. The molecule has 25 heteroatoms. The van der Waals surface area contributed by atoms with Crippen LogP contribution in [0.15, 0.2) is 35.5 Å². The lowest BCUT2D eigenvalue weighted by Gasteiger charge is -2.27. The Morgan fingerprint density at radius 3 is 1.86 bits per heavy atom. The van der Waals surface area contributed by atoms with Crippen LogP contribution in [-0.2, 0) is 49.6 Å². The topological polar surface area (TPSA) is 419 Å². The zero-order valence-corrected chi connectivity index (χ0v) is 35.7. The van der Waals surface area contributed by atoms with Crippen LogP contribution >= 0.6 is 12.6 Å². The highest BCUT2D eigenvalue weighted by Crippen LogP contribution is 2.20. The number of para-hydroxylation sites is 1. The number of carbonyl (C=O) groups excluding carboxylic acids is 7. The van der Waals surface area contributed by atoms with Crippen molar-refractivity contribution in [2.24, 2.45) is 33.8 Å². The number of thiol groups is 1. The fourth-order valence-corrected chi connectivity index (χ4v) is 6.31. The van der Waals surface area contributed by atoms with Crippen LogP contribution in [0.3, 0.4) is 0 Å². The molecule has 0 aliphatic carbocycles. The largest absolute Gasteiger partial charge is 0.481 e. The summed E-state index contributed by atoms with van der Waals surface area (Å²) in [5.41, 5.74) is 22.6. The maximum Gasteiger partial charge on any atom is 0.326 e. The first kappa shape index (κ1) is 52.7. The minimum absolute atomic E-state index is 0.000677. The second-order valence-electron chi connectivity index (χ2n) is 14.9. The third-order valence-corrected chi connectivity index (χ3v) is 9.67. The number of aliphatic imine (C=N–C) groups is 1. The number of aromatic amines is 1. The van der Waals surface area contributed by atoms with Crippen molar-refractivity contribution in [1.82, 2.24) is 36.9 Å². The van der Waals surface area contributed by atoms with Crippen molar-refractivity contribution in [3.8, 4) is 0 Å². The van der Waals surface area contributed by atoms with E-state index in [4.69, 9.17) is 22.9 Å². The Kier molecular flexibility index (Phi) is 21.8. The summed E-state index contributed by atoms with van der Waals surface area (Å²) in [6.45, 7) is 2.86. The molecule has 0 bridgehead atoms. The number of rotatable bonds is 28. The normalized spacial score (nSPS) is 14.4. The molecule has 0 aliphatic rings. The predicted octanol–water partition coefficient (Wildman–Crippen LogP) is -4.21. The highest BCUT2D eigenvalue weighted by atomic mass is 32.1. The molecule has 0 spiro atoms. The average Bonchev–Trinajstić information content (AvgIpc) is 3.62. The van der Waals surface area contributed by atoms with Gasteiger partial charge in [-0.3, -0.25) is 43.3 Å². The van der Waals surface area contributed by atoms with E-state index >= 15 is 0 Å². The van der Waals surface area contributed by atoms with E-state index in [0.717, 1.165) is 0 Å². The molecule has 1 aromatic heterocycles. The molecule has 24 nitrogen and oxygen atoms in total. The number of hydrogen-bond acceptors (Lipinski definition) is 13. The zero-order valence-electron chi connectivity index (χ0n) is 34.8. The number of carboxylic acid groups (broad SMARTS) is 2. The Morgan fingerprint density at radius 1 is 0.730 bits per heavy atom. The number of fused-ring (bicyclic) bond motifs is 1. The first-order valence-corrected chi connectivity index (χ1v) is 20.4. The third-order valence-electron chi connectivity index (χ3n) is 9.31. The number of aromatic nitrogens is 1. The molecule has 7 atom stereocenters. The molecular formula is C38H58N12O12S. The molecule has 1 aromatic carbocycles. The average molecular weight is 907 g/mol. The number of aliphatic carboxylic acids is 2. The van der Waals surface area contributed by atoms with Gasteiger partial charge >= 0.3 is 11.9 Å². The number of amides is 7. The van der Waals surface area contributed by atoms with Gasteiger partial charge in [-0.05, 0) is 43.2 Å². The Morgan fingerprint density at radius 2 is 1.27 bits per heavy atom. The first-order valence-electron chi connectivity index (χ1n) is 19.8. The number of hydrogen-bond donors (Lipinski definition) is 15. The fraction of sp³-hybridized carbons (Fsp3) is 0.526. The molecule has 2 rings (SSSR count). The molecule has 18 N–H and O–H groups in total. The zero-order chi connectivity index (χ0) is 47.4. The highest BCUT2D eigenvalue weighted by molar-refractivity contribution is 7.80. The summed E-state index contributed by atoms with van der Waals surface area (Å²) in [4.78, 5) is 123. The second kappa shape index (κ2) is 26.1. The van der Waals surface area contributed by atoms with Crippen LogP contribution in [0.1, 0.15) is 57.9 Å². The minimum Gasteiger partial charge on any atom is -0.481 e. The van der Waals surface area contributed by atoms with Crippen LogP contribution in [0.5, 0.6) is 0 Å². The number of aliphatic hydroxyl groups is 1. The van der Waals surface area contributed by atoms with Crippen LogP contribution < -0.4 is 54.8 Å². The van der Waals surface area contributed by atoms with Gasteiger partial charge in [0.2, 0.25) is 41.4 Å². The Bertz CT molecular complexity index is 1970. The monoisotopic (exact) mass is 906 g/mol. The number of H-pyrrole nitrogens is 1. The van der Waals surface area contributed by atoms with Crippen LogP contribution in [-0.4, -0.2) is 141 Å². The second-order valence-corrected chi connectivity index (χ2v) is 15.3. The van der Waals surface area contributed by atoms with Gasteiger partial charge in [-0.15, -0.1) is 0 Å². The van der Waals surface area contributed by atoms with Crippen LogP contribution in [0.25, 0.3) is 10.9 Å². The number of carboxylic acids is 2. The lowest BCUT2D eigenvalue weighted by atomic mass is 10.00. The summed E-state index contributed by atoms with van der Waals surface area (Å²) in [5, 5.41) is 43.7. The van der Waals surface area contributed by atoms with Gasteiger partial charge in [-0.1, -0.05) is 32.0 Å². The van der Waals surface area contributed by atoms with E-state index in [1.807, 2.05) is 0 Å². The number of primary amides is 1. The number of nitrogens with one attached hydrogen (secondary N) is 7.